The second-order valence-electron chi connectivity index (χ2n) is 5.35. The fourth-order valence-electron chi connectivity index (χ4n) is 2.30. The lowest BCUT2D eigenvalue weighted by Crippen LogP contribution is -2.16. The Hall–Kier alpha value is -2.91. The number of nitriles is 1. The number of carbonyl (C=O) groups is 1. The van der Waals surface area contributed by atoms with Crippen molar-refractivity contribution in [1.29, 1.82) is 10.7 Å². The number of amides is 1. The van der Waals surface area contributed by atoms with Gasteiger partial charge in [0.05, 0.1) is 16.3 Å². The van der Waals surface area contributed by atoms with Crippen molar-refractivity contribution in [3.63, 3.8) is 0 Å². The Balaban J connectivity index is 2.40. The summed E-state index contributed by atoms with van der Waals surface area (Å²) in [5.41, 5.74) is 8.97. The number of aryl methyl sites for hydroxylation is 1. The molecule has 7 heteroatoms. The Morgan fingerprint density at radius 3 is 2.67 bits per heavy atom. The summed E-state index contributed by atoms with van der Waals surface area (Å²) in [4.78, 5) is 16.6. The van der Waals surface area contributed by atoms with Gasteiger partial charge < -0.3 is 16.5 Å². The largest absolute Gasteiger partial charge is 0.398 e. The Kier molecular flexibility index (Phi) is 4.86. The first-order chi connectivity index (χ1) is 11.3. The fourth-order valence-corrected chi connectivity index (χ4v) is 2.52. The Bertz CT molecular complexity index is 899. The number of nitrogens with one attached hydrogen (secondary N) is 2. The van der Waals surface area contributed by atoms with Gasteiger partial charge in [-0.05, 0) is 44.5 Å². The molecule has 0 aliphatic rings. The van der Waals surface area contributed by atoms with E-state index in [4.69, 9.17) is 28.0 Å². The van der Waals surface area contributed by atoms with Crippen LogP contribution in [0.25, 0.3) is 0 Å². The van der Waals surface area contributed by atoms with Crippen molar-refractivity contribution >= 4 is 34.6 Å². The summed E-state index contributed by atoms with van der Waals surface area (Å²) in [5.74, 6) is -0.492. The van der Waals surface area contributed by atoms with Gasteiger partial charge in [-0.3, -0.25) is 4.79 Å². The minimum Gasteiger partial charge on any atom is -0.398 e. The highest BCUT2D eigenvalue weighted by Crippen LogP contribution is 2.25. The maximum atomic E-state index is 12.5. The lowest BCUT2D eigenvalue weighted by atomic mass is 10.1. The maximum absolute atomic E-state index is 12.5. The average molecular weight is 342 g/mol. The minimum absolute atomic E-state index is 0.0515. The van der Waals surface area contributed by atoms with Gasteiger partial charge in [0.25, 0.3) is 5.91 Å². The van der Waals surface area contributed by atoms with E-state index in [9.17, 15) is 4.79 Å². The molecule has 2 rings (SSSR count). The van der Waals surface area contributed by atoms with Crippen molar-refractivity contribution in [1.82, 2.24) is 4.98 Å². The van der Waals surface area contributed by atoms with E-state index in [0.717, 1.165) is 0 Å². The number of benzene rings is 1. The third-order valence-corrected chi connectivity index (χ3v) is 4.06. The van der Waals surface area contributed by atoms with Gasteiger partial charge in [0, 0.05) is 22.6 Å². The van der Waals surface area contributed by atoms with Crippen molar-refractivity contribution in [3.05, 3.63) is 51.3 Å². The van der Waals surface area contributed by atoms with E-state index in [1.807, 2.05) is 6.07 Å². The van der Waals surface area contributed by atoms with Crippen LogP contribution in [-0.4, -0.2) is 16.6 Å². The predicted molar refractivity (Wildman–Crippen MR) is 94.7 cm³/mol. The van der Waals surface area contributed by atoms with Crippen LogP contribution in [0.1, 0.15) is 39.8 Å². The molecule has 0 radical (unpaired) electrons. The topological polar surface area (TPSA) is 116 Å². The van der Waals surface area contributed by atoms with Gasteiger partial charge in [0.2, 0.25) is 0 Å². The number of nitrogen functional groups attached to an aromatic ring is 1. The van der Waals surface area contributed by atoms with Crippen molar-refractivity contribution in [2.24, 2.45) is 0 Å². The zero-order chi connectivity index (χ0) is 18.0. The van der Waals surface area contributed by atoms with Crippen LogP contribution in [0.3, 0.4) is 0 Å². The monoisotopic (exact) mass is 341 g/mol. The maximum Gasteiger partial charge on any atom is 0.275 e. The summed E-state index contributed by atoms with van der Waals surface area (Å²) < 4.78 is 0. The standard InChI is InChI=1S/C17H16ClN5O/c1-8-13(7-19)10(3)22-16(15(8)18)17(24)23-11-4-5-14(21)12(6-11)9(2)20/h4-6,20H,21H2,1-3H3,(H,23,24). The number of hydrogen-bond acceptors (Lipinski definition) is 5. The van der Waals surface area contributed by atoms with E-state index >= 15 is 0 Å². The summed E-state index contributed by atoms with van der Waals surface area (Å²) in [6.07, 6.45) is 0. The van der Waals surface area contributed by atoms with Crippen LogP contribution in [0.5, 0.6) is 0 Å². The molecule has 0 fully saturated rings. The third-order valence-electron chi connectivity index (χ3n) is 3.60. The van der Waals surface area contributed by atoms with Crippen LogP contribution in [0.2, 0.25) is 5.02 Å². The molecule has 2 aromatic rings. The summed E-state index contributed by atoms with van der Waals surface area (Å²) in [7, 11) is 0. The van der Waals surface area contributed by atoms with Crippen molar-refractivity contribution < 1.29 is 4.79 Å². The summed E-state index contributed by atoms with van der Waals surface area (Å²) >= 11 is 6.19. The zero-order valence-corrected chi connectivity index (χ0v) is 14.2. The number of hydrogen-bond donors (Lipinski definition) is 3. The molecule has 6 nitrogen and oxygen atoms in total. The number of pyridine rings is 1. The Morgan fingerprint density at radius 2 is 2.08 bits per heavy atom. The molecule has 0 spiro atoms. The van der Waals surface area contributed by atoms with Crippen LogP contribution in [0, 0.1) is 30.6 Å². The van der Waals surface area contributed by atoms with Gasteiger partial charge in [-0.25, -0.2) is 4.98 Å². The lowest BCUT2D eigenvalue weighted by molar-refractivity contribution is 0.102. The Labute approximate surface area is 144 Å². The number of nitrogens with zero attached hydrogens (tertiary/aromatic N) is 2. The quantitative estimate of drug-likeness (QED) is 0.585. The van der Waals surface area contributed by atoms with Crippen LogP contribution >= 0.6 is 11.6 Å². The first kappa shape index (κ1) is 17.4. The highest BCUT2D eigenvalue weighted by atomic mass is 35.5. The second kappa shape index (κ2) is 6.69. The van der Waals surface area contributed by atoms with Gasteiger partial charge in [-0.15, -0.1) is 0 Å². The summed E-state index contributed by atoms with van der Waals surface area (Å²) in [5, 5.41) is 19.7. The molecule has 4 N–H and O–H groups in total. The minimum atomic E-state index is -0.492. The molecule has 122 valence electrons. The second-order valence-corrected chi connectivity index (χ2v) is 5.73. The number of rotatable bonds is 3. The molecule has 24 heavy (non-hydrogen) atoms. The van der Waals surface area contributed by atoms with E-state index < -0.39 is 5.91 Å². The van der Waals surface area contributed by atoms with E-state index in [2.05, 4.69) is 10.3 Å². The molecule has 1 amide bonds. The molecule has 1 aromatic heterocycles. The molecule has 0 aliphatic carbocycles. The van der Waals surface area contributed by atoms with Crippen molar-refractivity contribution in [2.75, 3.05) is 11.1 Å². The number of halogens is 1. The summed E-state index contributed by atoms with van der Waals surface area (Å²) in [6.45, 7) is 4.94. The smallest absolute Gasteiger partial charge is 0.275 e. The summed E-state index contributed by atoms with van der Waals surface area (Å²) in [6, 6.07) is 6.90. The first-order valence-electron chi connectivity index (χ1n) is 7.09. The first-order valence-corrected chi connectivity index (χ1v) is 7.47. The van der Waals surface area contributed by atoms with Crippen molar-refractivity contribution in [2.45, 2.75) is 20.8 Å². The Morgan fingerprint density at radius 1 is 1.42 bits per heavy atom. The molecule has 0 saturated heterocycles. The molecule has 1 heterocycles. The van der Waals surface area contributed by atoms with E-state index in [1.165, 1.54) is 0 Å². The van der Waals surface area contributed by atoms with Crippen LogP contribution in [0.15, 0.2) is 18.2 Å². The van der Waals surface area contributed by atoms with Crippen molar-refractivity contribution in [3.8, 4) is 6.07 Å². The number of nitrogens with two attached hydrogens (primary N) is 1. The lowest BCUT2D eigenvalue weighted by Gasteiger charge is -2.12. The van der Waals surface area contributed by atoms with Gasteiger partial charge in [-0.2, -0.15) is 5.26 Å². The SMILES string of the molecule is CC(=N)c1cc(NC(=O)c2nc(C)c(C#N)c(C)c2Cl)ccc1N. The molecule has 0 unspecified atom stereocenters. The number of anilines is 2. The van der Waals surface area contributed by atoms with E-state index in [-0.39, 0.29) is 10.7 Å². The van der Waals surface area contributed by atoms with Crippen LogP contribution in [-0.2, 0) is 0 Å². The molecule has 1 aromatic carbocycles. The molecule has 0 saturated carbocycles. The number of aromatic nitrogens is 1. The van der Waals surface area contributed by atoms with Crippen LogP contribution < -0.4 is 11.1 Å². The normalized spacial score (nSPS) is 10.1. The molecule has 0 aliphatic heterocycles. The molecule has 0 bridgehead atoms. The van der Waals surface area contributed by atoms with Crippen LogP contribution in [0.4, 0.5) is 11.4 Å². The highest BCUT2D eigenvalue weighted by Gasteiger charge is 2.19. The molecular formula is C17H16ClN5O. The van der Waals surface area contributed by atoms with Gasteiger partial charge in [0.15, 0.2) is 0 Å². The fraction of sp³-hybridized carbons (Fsp3) is 0.176. The highest BCUT2D eigenvalue weighted by molar-refractivity contribution is 6.35. The van der Waals surface area contributed by atoms with Gasteiger partial charge in [-0.1, -0.05) is 11.6 Å². The van der Waals surface area contributed by atoms with E-state index in [0.29, 0.717) is 39.5 Å². The third kappa shape index (κ3) is 3.21. The van der Waals surface area contributed by atoms with Gasteiger partial charge in [0.1, 0.15) is 11.8 Å². The average Bonchev–Trinajstić information content (AvgIpc) is 2.52. The number of carbonyl (C=O) groups excluding carboxylic acids is 1. The zero-order valence-electron chi connectivity index (χ0n) is 13.5. The molecule has 0 atom stereocenters. The predicted octanol–water partition coefficient (Wildman–Crippen LogP) is 3.45. The molecular weight excluding hydrogens is 326 g/mol. The van der Waals surface area contributed by atoms with Gasteiger partial charge >= 0.3 is 0 Å². The van der Waals surface area contributed by atoms with E-state index in [1.54, 1.807) is 39.0 Å².